The molecule has 0 fully saturated rings. The average Bonchev–Trinajstić information content (AvgIpc) is 3.01. The molecule has 2 aliphatic heterocycles. The highest BCUT2D eigenvalue weighted by Crippen LogP contribution is 2.24. The maximum absolute atomic E-state index is 13.4. The van der Waals surface area contributed by atoms with Crippen LogP contribution in [-0.2, 0) is 19.4 Å². The number of anilines is 1. The monoisotopic (exact) mass is 461 g/mol. The highest BCUT2D eigenvalue weighted by atomic mass is 16.3. The number of benzene rings is 2. The summed E-state index contributed by atoms with van der Waals surface area (Å²) in [6.45, 7) is 3.76. The van der Waals surface area contributed by atoms with Crippen LogP contribution in [0.3, 0.4) is 0 Å². The standard InChI is InChI=1S/C27H35N5O2/c1-29-17-24(16-28)30-23-9-8-21-7-4-12-32(27(34)26(21)15-23)19-25(33)11-14-31-13-10-20-5-2-3-6-22(20)18-31/h2-3,5-6,8-9,15-17,25,28-30,33H,4,7,10-14,18-19H2,1H3/b24-17+,28-16?. The second kappa shape index (κ2) is 11.3. The Labute approximate surface area is 202 Å². The van der Waals surface area contributed by atoms with Gasteiger partial charge in [0.1, 0.15) is 0 Å². The topological polar surface area (TPSA) is 91.7 Å². The van der Waals surface area contributed by atoms with Crippen LogP contribution in [0.25, 0.3) is 0 Å². The number of allylic oxidation sites excluding steroid dienone is 1. The molecule has 180 valence electrons. The Morgan fingerprint density at radius 1 is 1.15 bits per heavy atom. The number of amides is 1. The number of hydrogen-bond donors (Lipinski definition) is 4. The Balaban J connectivity index is 1.36. The Morgan fingerprint density at radius 3 is 2.76 bits per heavy atom. The molecule has 0 radical (unpaired) electrons. The zero-order valence-electron chi connectivity index (χ0n) is 19.9. The Kier molecular flexibility index (Phi) is 7.98. The van der Waals surface area contributed by atoms with E-state index in [1.165, 1.54) is 17.3 Å². The molecule has 1 atom stereocenters. The first-order chi connectivity index (χ1) is 16.6. The van der Waals surface area contributed by atoms with Gasteiger partial charge in [-0.3, -0.25) is 9.69 Å². The summed E-state index contributed by atoms with van der Waals surface area (Å²) in [6.07, 6.45) is 5.80. The molecular weight excluding hydrogens is 426 g/mol. The van der Waals surface area contributed by atoms with Gasteiger partial charge in [0, 0.05) is 63.4 Å². The van der Waals surface area contributed by atoms with Gasteiger partial charge >= 0.3 is 0 Å². The molecule has 7 nitrogen and oxygen atoms in total. The smallest absolute Gasteiger partial charge is 0.254 e. The molecule has 0 aliphatic carbocycles. The molecule has 0 saturated carbocycles. The van der Waals surface area contributed by atoms with Gasteiger partial charge in [-0.25, -0.2) is 0 Å². The summed E-state index contributed by atoms with van der Waals surface area (Å²) in [6, 6.07) is 14.4. The third-order valence-electron chi connectivity index (χ3n) is 6.67. The molecule has 4 rings (SSSR count). The molecule has 1 unspecified atom stereocenters. The molecule has 4 N–H and O–H groups in total. The van der Waals surface area contributed by atoms with Crippen molar-refractivity contribution in [3.8, 4) is 0 Å². The first kappa shape index (κ1) is 24.0. The highest BCUT2D eigenvalue weighted by molar-refractivity contribution is 5.97. The molecule has 2 aromatic carbocycles. The van der Waals surface area contributed by atoms with Crippen molar-refractivity contribution in [1.29, 1.82) is 5.41 Å². The van der Waals surface area contributed by atoms with Crippen molar-refractivity contribution in [3.05, 3.63) is 76.6 Å². The lowest BCUT2D eigenvalue weighted by atomic mass is 9.99. The van der Waals surface area contributed by atoms with Gasteiger partial charge in [0.2, 0.25) is 0 Å². The van der Waals surface area contributed by atoms with Crippen LogP contribution in [0.15, 0.2) is 54.4 Å². The summed E-state index contributed by atoms with van der Waals surface area (Å²) >= 11 is 0. The van der Waals surface area contributed by atoms with E-state index in [0.717, 1.165) is 50.1 Å². The Hall–Kier alpha value is -3.16. The molecule has 2 aromatic rings. The summed E-state index contributed by atoms with van der Waals surface area (Å²) in [5.41, 5.74) is 5.89. The number of aliphatic hydroxyl groups excluding tert-OH is 1. The largest absolute Gasteiger partial charge is 0.392 e. The van der Waals surface area contributed by atoms with Crippen LogP contribution >= 0.6 is 0 Å². The van der Waals surface area contributed by atoms with E-state index in [-0.39, 0.29) is 5.91 Å². The van der Waals surface area contributed by atoms with E-state index in [4.69, 9.17) is 5.41 Å². The number of carbonyl (C=O) groups excluding carboxylic acids is 1. The normalized spacial score (nSPS) is 17.4. The molecular formula is C27H35N5O2. The number of nitrogens with zero attached hydrogens (tertiary/aromatic N) is 2. The summed E-state index contributed by atoms with van der Waals surface area (Å²) in [4.78, 5) is 17.5. The quantitative estimate of drug-likeness (QED) is 0.431. The molecule has 34 heavy (non-hydrogen) atoms. The number of aliphatic hydroxyl groups is 1. The van der Waals surface area contributed by atoms with Gasteiger partial charge in [-0.15, -0.1) is 0 Å². The minimum atomic E-state index is -0.549. The summed E-state index contributed by atoms with van der Waals surface area (Å²) in [5.74, 6) is -0.0314. The van der Waals surface area contributed by atoms with Crippen molar-refractivity contribution in [2.75, 3.05) is 38.5 Å². The fraction of sp³-hybridized carbons (Fsp3) is 0.407. The zero-order chi connectivity index (χ0) is 23.9. The van der Waals surface area contributed by atoms with Crippen molar-refractivity contribution >= 4 is 17.8 Å². The van der Waals surface area contributed by atoms with E-state index in [9.17, 15) is 9.90 Å². The molecule has 7 heteroatoms. The number of carbonyl (C=O) groups is 1. The number of hydrogen-bond acceptors (Lipinski definition) is 6. The molecule has 2 heterocycles. The van der Waals surface area contributed by atoms with Crippen LogP contribution < -0.4 is 10.6 Å². The molecule has 0 aromatic heterocycles. The minimum Gasteiger partial charge on any atom is -0.392 e. The van der Waals surface area contributed by atoms with Gasteiger partial charge in [0.25, 0.3) is 5.91 Å². The predicted molar refractivity (Wildman–Crippen MR) is 136 cm³/mol. The first-order valence-electron chi connectivity index (χ1n) is 12.1. The van der Waals surface area contributed by atoms with Crippen molar-refractivity contribution in [3.63, 3.8) is 0 Å². The number of fused-ring (bicyclic) bond motifs is 2. The summed E-state index contributed by atoms with van der Waals surface area (Å²) < 4.78 is 0. The highest BCUT2D eigenvalue weighted by Gasteiger charge is 2.25. The van der Waals surface area contributed by atoms with Crippen LogP contribution in [0.5, 0.6) is 0 Å². The van der Waals surface area contributed by atoms with E-state index >= 15 is 0 Å². The number of rotatable bonds is 9. The molecule has 0 saturated heterocycles. The van der Waals surface area contributed by atoms with Crippen LogP contribution in [0, 0.1) is 5.41 Å². The van der Waals surface area contributed by atoms with Crippen molar-refractivity contribution in [2.45, 2.75) is 38.3 Å². The third kappa shape index (κ3) is 5.85. The van der Waals surface area contributed by atoms with E-state index in [1.807, 2.05) is 18.2 Å². The molecule has 2 aliphatic rings. The van der Waals surface area contributed by atoms with Gasteiger partial charge in [0.15, 0.2) is 0 Å². The number of nitrogens with one attached hydrogen (secondary N) is 3. The number of aryl methyl sites for hydroxylation is 1. The fourth-order valence-electron chi connectivity index (χ4n) is 4.84. The lowest BCUT2D eigenvalue weighted by Crippen LogP contribution is -2.39. The lowest BCUT2D eigenvalue weighted by molar-refractivity contribution is 0.0586. The summed E-state index contributed by atoms with van der Waals surface area (Å²) in [7, 11) is 1.78. The van der Waals surface area contributed by atoms with E-state index < -0.39 is 6.10 Å². The van der Waals surface area contributed by atoms with Crippen molar-refractivity contribution in [1.82, 2.24) is 15.1 Å². The summed E-state index contributed by atoms with van der Waals surface area (Å²) in [5, 5.41) is 24.4. The molecule has 0 bridgehead atoms. The van der Waals surface area contributed by atoms with Gasteiger partial charge < -0.3 is 26.0 Å². The number of β-amino-alcohol motifs (C(OH)–C–C–N with tert-alkyl or cyclic N) is 1. The van der Waals surface area contributed by atoms with Crippen molar-refractivity contribution < 1.29 is 9.90 Å². The van der Waals surface area contributed by atoms with Gasteiger partial charge in [-0.05, 0) is 54.5 Å². The Bertz CT molecular complexity index is 1050. The van der Waals surface area contributed by atoms with Crippen LogP contribution in [0.2, 0.25) is 0 Å². The average molecular weight is 462 g/mol. The maximum Gasteiger partial charge on any atom is 0.254 e. The van der Waals surface area contributed by atoms with Gasteiger partial charge in [0.05, 0.1) is 11.8 Å². The maximum atomic E-state index is 13.4. The van der Waals surface area contributed by atoms with E-state index in [1.54, 1.807) is 18.1 Å². The van der Waals surface area contributed by atoms with Crippen LogP contribution in [0.1, 0.15) is 39.9 Å². The fourth-order valence-corrected chi connectivity index (χ4v) is 4.84. The van der Waals surface area contributed by atoms with E-state index in [0.29, 0.717) is 30.8 Å². The predicted octanol–water partition coefficient (Wildman–Crippen LogP) is 3.01. The van der Waals surface area contributed by atoms with Crippen molar-refractivity contribution in [2.24, 2.45) is 0 Å². The van der Waals surface area contributed by atoms with Gasteiger partial charge in [-0.1, -0.05) is 30.3 Å². The third-order valence-corrected chi connectivity index (χ3v) is 6.67. The molecule has 0 spiro atoms. The second-order valence-electron chi connectivity index (χ2n) is 9.12. The molecule has 1 amide bonds. The SMILES string of the molecule is CN/C=C(\C=N)Nc1ccc2c(c1)C(=O)N(CC(O)CCN1CCc3ccccc3C1)CCC2. The van der Waals surface area contributed by atoms with E-state index in [2.05, 4.69) is 39.8 Å². The zero-order valence-corrected chi connectivity index (χ0v) is 19.9. The van der Waals surface area contributed by atoms with Crippen LogP contribution in [-0.4, -0.2) is 66.4 Å². The lowest BCUT2D eigenvalue weighted by Gasteiger charge is -2.30. The Morgan fingerprint density at radius 2 is 1.97 bits per heavy atom. The van der Waals surface area contributed by atoms with Gasteiger partial charge in [-0.2, -0.15) is 0 Å². The minimum absolute atomic E-state index is 0.0314. The first-order valence-corrected chi connectivity index (χ1v) is 12.1. The van der Waals surface area contributed by atoms with Crippen LogP contribution in [0.4, 0.5) is 5.69 Å². The second-order valence-corrected chi connectivity index (χ2v) is 9.12.